The maximum Gasteiger partial charge on any atom is 0.158 e. The van der Waals surface area contributed by atoms with Crippen molar-refractivity contribution >= 4 is 0 Å². The van der Waals surface area contributed by atoms with Crippen LogP contribution >= 0.6 is 0 Å². The van der Waals surface area contributed by atoms with Crippen molar-refractivity contribution in [1.82, 2.24) is 9.97 Å². The van der Waals surface area contributed by atoms with Gasteiger partial charge < -0.3 is 19.6 Å². The fourth-order valence-electron chi connectivity index (χ4n) is 3.95. The standard InChI is InChI=1S/C25H24N2O3/c1-29-20-13-14-21(22(17-20)30-2)23(18-9-5-3-6-10-18)25(28,24-26-15-16-27-24)19-11-7-4-8-12-19/h3-17,23,28H,1-2H3,(H,26,27). The van der Waals surface area contributed by atoms with Crippen LogP contribution in [-0.2, 0) is 5.60 Å². The number of H-pyrrole nitrogens is 1. The van der Waals surface area contributed by atoms with Crippen molar-refractivity contribution in [2.45, 2.75) is 11.5 Å². The fraction of sp³-hybridized carbons (Fsp3) is 0.160. The third-order valence-electron chi connectivity index (χ3n) is 5.38. The molecule has 0 aliphatic heterocycles. The SMILES string of the molecule is COc1ccc(C(c2ccccc2)C(O)(c2ccccc2)c2ncc[nH]2)c(OC)c1. The summed E-state index contributed by atoms with van der Waals surface area (Å²) in [6.07, 6.45) is 3.37. The van der Waals surface area contributed by atoms with Gasteiger partial charge in [0.15, 0.2) is 5.60 Å². The summed E-state index contributed by atoms with van der Waals surface area (Å²) in [5, 5.41) is 12.4. The van der Waals surface area contributed by atoms with Gasteiger partial charge >= 0.3 is 0 Å². The van der Waals surface area contributed by atoms with Gasteiger partial charge in [0.05, 0.1) is 20.1 Å². The quantitative estimate of drug-likeness (QED) is 0.479. The Balaban J connectivity index is 2.02. The van der Waals surface area contributed by atoms with Crippen LogP contribution in [0.15, 0.2) is 91.3 Å². The number of aromatic amines is 1. The van der Waals surface area contributed by atoms with Crippen LogP contribution in [0.4, 0.5) is 0 Å². The average molecular weight is 400 g/mol. The van der Waals surface area contributed by atoms with Crippen molar-refractivity contribution in [1.29, 1.82) is 0 Å². The largest absolute Gasteiger partial charge is 0.497 e. The van der Waals surface area contributed by atoms with Crippen molar-refractivity contribution in [3.63, 3.8) is 0 Å². The maximum atomic E-state index is 12.4. The van der Waals surface area contributed by atoms with Crippen molar-refractivity contribution in [3.05, 3.63) is 114 Å². The maximum absolute atomic E-state index is 12.4. The minimum Gasteiger partial charge on any atom is -0.497 e. The van der Waals surface area contributed by atoms with Gasteiger partial charge in [-0.1, -0.05) is 66.7 Å². The van der Waals surface area contributed by atoms with Gasteiger partial charge in [-0.25, -0.2) is 4.98 Å². The molecule has 4 rings (SSSR count). The van der Waals surface area contributed by atoms with E-state index < -0.39 is 11.5 Å². The van der Waals surface area contributed by atoms with Crippen LogP contribution in [0.1, 0.15) is 28.4 Å². The Kier molecular flexibility index (Phi) is 5.55. The predicted octanol–water partition coefficient (Wildman–Crippen LogP) is 4.49. The van der Waals surface area contributed by atoms with Crippen molar-refractivity contribution < 1.29 is 14.6 Å². The summed E-state index contributed by atoms with van der Waals surface area (Å²) in [5.74, 6) is 1.28. The monoisotopic (exact) mass is 400 g/mol. The zero-order valence-corrected chi connectivity index (χ0v) is 16.9. The normalized spacial score (nSPS) is 14.0. The van der Waals surface area contributed by atoms with E-state index in [0.29, 0.717) is 17.3 Å². The summed E-state index contributed by atoms with van der Waals surface area (Å²) in [5.41, 5.74) is 1.02. The first-order valence-electron chi connectivity index (χ1n) is 9.73. The lowest BCUT2D eigenvalue weighted by atomic mass is 9.72. The van der Waals surface area contributed by atoms with Crippen LogP contribution in [0.5, 0.6) is 11.5 Å². The van der Waals surface area contributed by atoms with E-state index in [4.69, 9.17) is 9.47 Å². The van der Waals surface area contributed by atoms with E-state index in [1.807, 2.05) is 78.9 Å². The highest BCUT2D eigenvalue weighted by Gasteiger charge is 2.45. The van der Waals surface area contributed by atoms with E-state index in [-0.39, 0.29) is 0 Å². The van der Waals surface area contributed by atoms with Crippen LogP contribution in [0, 0.1) is 0 Å². The van der Waals surface area contributed by atoms with Crippen LogP contribution in [-0.4, -0.2) is 29.3 Å². The van der Waals surface area contributed by atoms with E-state index in [2.05, 4.69) is 9.97 Å². The molecule has 30 heavy (non-hydrogen) atoms. The third-order valence-corrected chi connectivity index (χ3v) is 5.38. The zero-order valence-electron chi connectivity index (χ0n) is 16.9. The van der Waals surface area contributed by atoms with Gasteiger partial charge in [-0.15, -0.1) is 0 Å². The molecule has 2 unspecified atom stereocenters. The molecule has 0 bridgehead atoms. The molecule has 4 aromatic rings. The zero-order chi connectivity index (χ0) is 21.0. The van der Waals surface area contributed by atoms with E-state index in [1.165, 1.54) is 0 Å². The Bertz CT molecular complexity index is 1080. The van der Waals surface area contributed by atoms with Crippen LogP contribution in [0.3, 0.4) is 0 Å². The lowest BCUT2D eigenvalue weighted by Gasteiger charge is -2.36. The molecule has 0 fully saturated rings. The summed E-state index contributed by atoms with van der Waals surface area (Å²) in [7, 11) is 3.24. The van der Waals surface area contributed by atoms with Crippen molar-refractivity contribution in [2.24, 2.45) is 0 Å². The fourth-order valence-corrected chi connectivity index (χ4v) is 3.95. The van der Waals surface area contributed by atoms with E-state index in [1.54, 1.807) is 26.6 Å². The molecule has 0 amide bonds. The van der Waals surface area contributed by atoms with Crippen LogP contribution < -0.4 is 9.47 Å². The lowest BCUT2D eigenvalue weighted by Crippen LogP contribution is -2.37. The summed E-state index contributed by atoms with van der Waals surface area (Å²) in [6.45, 7) is 0. The van der Waals surface area contributed by atoms with Gasteiger partial charge in [0, 0.05) is 24.0 Å². The number of benzene rings is 3. The molecule has 0 spiro atoms. The predicted molar refractivity (Wildman–Crippen MR) is 116 cm³/mol. The topological polar surface area (TPSA) is 67.4 Å². The van der Waals surface area contributed by atoms with Gasteiger partial charge in [-0.3, -0.25) is 0 Å². The number of aromatic nitrogens is 2. The second-order valence-electron chi connectivity index (χ2n) is 7.02. The second-order valence-corrected chi connectivity index (χ2v) is 7.02. The molecule has 0 aliphatic rings. The number of hydrogen-bond donors (Lipinski definition) is 2. The average Bonchev–Trinajstić information content (AvgIpc) is 3.36. The number of imidazole rings is 1. The van der Waals surface area contributed by atoms with Crippen LogP contribution in [0.25, 0.3) is 0 Å². The second kappa shape index (κ2) is 8.43. The van der Waals surface area contributed by atoms with Gasteiger partial charge in [0.25, 0.3) is 0 Å². The molecule has 3 aromatic carbocycles. The molecule has 5 nitrogen and oxygen atoms in total. The molecule has 1 heterocycles. The minimum atomic E-state index is -1.46. The Morgan fingerprint density at radius 2 is 1.60 bits per heavy atom. The van der Waals surface area contributed by atoms with Crippen LogP contribution in [0.2, 0.25) is 0 Å². The molecule has 0 saturated heterocycles. The molecule has 0 saturated carbocycles. The highest BCUT2D eigenvalue weighted by atomic mass is 16.5. The van der Waals surface area contributed by atoms with Crippen molar-refractivity contribution in [2.75, 3.05) is 14.2 Å². The Morgan fingerprint density at radius 1 is 0.900 bits per heavy atom. The molecule has 2 atom stereocenters. The smallest absolute Gasteiger partial charge is 0.158 e. The minimum absolute atomic E-state index is 0.459. The molecule has 152 valence electrons. The van der Waals surface area contributed by atoms with Gasteiger partial charge in [0.1, 0.15) is 17.3 Å². The first kappa shape index (κ1) is 19.7. The van der Waals surface area contributed by atoms with E-state index in [0.717, 1.165) is 16.7 Å². The molecular weight excluding hydrogens is 376 g/mol. The summed E-state index contributed by atoms with van der Waals surface area (Å²) in [4.78, 5) is 7.58. The number of rotatable bonds is 7. The Hall–Kier alpha value is -3.57. The summed E-state index contributed by atoms with van der Waals surface area (Å²) >= 11 is 0. The molecule has 0 aliphatic carbocycles. The third kappa shape index (κ3) is 3.44. The molecule has 2 N–H and O–H groups in total. The summed E-state index contributed by atoms with van der Waals surface area (Å²) in [6, 6.07) is 25.1. The lowest BCUT2D eigenvalue weighted by molar-refractivity contribution is 0.0532. The highest BCUT2D eigenvalue weighted by molar-refractivity contribution is 5.51. The van der Waals surface area contributed by atoms with Gasteiger partial charge in [-0.05, 0) is 17.2 Å². The molecule has 1 aromatic heterocycles. The first-order valence-corrected chi connectivity index (χ1v) is 9.73. The first-order chi connectivity index (χ1) is 14.7. The Morgan fingerprint density at radius 3 is 2.20 bits per heavy atom. The number of nitrogens with zero attached hydrogens (tertiary/aromatic N) is 1. The van der Waals surface area contributed by atoms with Gasteiger partial charge in [-0.2, -0.15) is 0 Å². The molecular formula is C25H24N2O3. The number of ether oxygens (including phenoxy) is 2. The molecule has 5 heteroatoms. The van der Waals surface area contributed by atoms with E-state index >= 15 is 0 Å². The van der Waals surface area contributed by atoms with Gasteiger partial charge in [0.2, 0.25) is 0 Å². The number of hydrogen-bond acceptors (Lipinski definition) is 4. The Labute approximate surface area is 176 Å². The molecule has 0 radical (unpaired) electrons. The number of nitrogens with one attached hydrogen (secondary N) is 1. The van der Waals surface area contributed by atoms with Crippen molar-refractivity contribution in [3.8, 4) is 11.5 Å². The number of aliphatic hydroxyl groups is 1. The van der Waals surface area contributed by atoms with E-state index in [9.17, 15) is 5.11 Å². The summed E-state index contributed by atoms with van der Waals surface area (Å²) < 4.78 is 11.1. The highest BCUT2D eigenvalue weighted by Crippen LogP contribution is 2.48. The number of methoxy groups -OCH3 is 2.